The molecule has 0 spiro atoms. The lowest BCUT2D eigenvalue weighted by atomic mass is 10.1. The number of rotatable bonds is 9. The zero-order chi connectivity index (χ0) is 17.2. The van der Waals surface area contributed by atoms with Crippen LogP contribution in [0.4, 0.5) is 11.4 Å². The number of benzene rings is 1. The number of carbonyl (C=O) groups is 3. The second kappa shape index (κ2) is 9.29. The summed E-state index contributed by atoms with van der Waals surface area (Å²) in [6, 6.07) is 4.42. The van der Waals surface area contributed by atoms with Gasteiger partial charge >= 0.3 is 11.9 Å². The molecule has 0 saturated carbocycles. The van der Waals surface area contributed by atoms with Crippen molar-refractivity contribution in [3.05, 3.63) is 23.8 Å². The number of nitrogens with one attached hydrogen (secondary N) is 2. The Kier molecular flexibility index (Phi) is 7.38. The highest BCUT2D eigenvalue weighted by atomic mass is 16.5. The van der Waals surface area contributed by atoms with Crippen molar-refractivity contribution in [3.63, 3.8) is 0 Å². The minimum absolute atomic E-state index is 0.121. The van der Waals surface area contributed by atoms with Gasteiger partial charge in [0.15, 0.2) is 0 Å². The SMILES string of the molecule is CC(=O)NCCOC(=O)CCCNc1ccc(C(=O)O)cc1N. The lowest BCUT2D eigenvalue weighted by Crippen LogP contribution is -2.25. The van der Waals surface area contributed by atoms with Gasteiger partial charge in [-0.25, -0.2) is 4.79 Å². The number of anilines is 2. The van der Waals surface area contributed by atoms with Gasteiger partial charge in [-0.15, -0.1) is 0 Å². The van der Waals surface area contributed by atoms with E-state index in [9.17, 15) is 14.4 Å². The van der Waals surface area contributed by atoms with Crippen molar-refractivity contribution in [1.82, 2.24) is 5.32 Å². The molecular weight excluding hydrogens is 302 g/mol. The van der Waals surface area contributed by atoms with Crippen LogP contribution in [-0.4, -0.2) is 42.6 Å². The molecule has 0 aliphatic heterocycles. The van der Waals surface area contributed by atoms with E-state index in [-0.39, 0.29) is 30.5 Å². The summed E-state index contributed by atoms with van der Waals surface area (Å²) in [4.78, 5) is 32.8. The molecule has 0 heterocycles. The number of carboxylic acid groups (broad SMARTS) is 1. The van der Waals surface area contributed by atoms with E-state index in [4.69, 9.17) is 15.6 Å². The Morgan fingerprint density at radius 1 is 1.26 bits per heavy atom. The van der Waals surface area contributed by atoms with E-state index >= 15 is 0 Å². The lowest BCUT2D eigenvalue weighted by molar-refractivity contribution is -0.143. The van der Waals surface area contributed by atoms with Gasteiger partial charge in [-0.2, -0.15) is 0 Å². The Balaban J connectivity index is 2.23. The number of aromatic carboxylic acids is 1. The predicted octanol–water partition coefficient (Wildman–Crippen LogP) is 0.838. The molecular formula is C15H21N3O5. The molecule has 0 saturated heterocycles. The van der Waals surface area contributed by atoms with E-state index in [1.165, 1.54) is 19.1 Å². The Hall–Kier alpha value is -2.77. The molecule has 0 atom stereocenters. The quantitative estimate of drug-likeness (QED) is 0.301. The summed E-state index contributed by atoms with van der Waals surface area (Å²) < 4.78 is 4.94. The van der Waals surface area contributed by atoms with E-state index in [1.54, 1.807) is 6.07 Å². The largest absolute Gasteiger partial charge is 0.478 e. The molecule has 1 aromatic rings. The van der Waals surface area contributed by atoms with E-state index < -0.39 is 5.97 Å². The highest BCUT2D eigenvalue weighted by Gasteiger charge is 2.07. The van der Waals surface area contributed by atoms with Crippen LogP contribution >= 0.6 is 0 Å². The predicted molar refractivity (Wildman–Crippen MR) is 85.2 cm³/mol. The van der Waals surface area contributed by atoms with Crippen molar-refractivity contribution < 1.29 is 24.2 Å². The second-order valence-electron chi connectivity index (χ2n) is 4.84. The summed E-state index contributed by atoms with van der Waals surface area (Å²) in [7, 11) is 0. The monoisotopic (exact) mass is 323 g/mol. The van der Waals surface area contributed by atoms with Gasteiger partial charge in [-0.3, -0.25) is 9.59 Å². The number of carboxylic acids is 1. The molecule has 0 aromatic heterocycles. The fraction of sp³-hybridized carbons (Fsp3) is 0.400. The molecule has 5 N–H and O–H groups in total. The van der Waals surface area contributed by atoms with Crippen molar-refractivity contribution in [2.24, 2.45) is 0 Å². The number of nitrogens with two attached hydrogens (primary N) is 1. The van der Waals surface area contributed by atoms with E-state index in [0.717, 1.165) is 0 Å². The van der Waals surface area contributed by atoms with Crippen LogP contribution in [0.5, 0.6) is 0 Å². The third-order valence-corrected chi connectivity index (χ3v) is 2.91. The molecule has 0 aliphatic rings. The average molecular weight is 323 g/mol. The molecule has 0 fully saturated rings. The third-order valence-electron chi connectivity index (χ3n) is 2.91. The minimum atomic E-state index is -1.04. The Labute approximate surface area is 134 Å². The summed E-state index contributed by atoms with van der Waals surface area (Å²) in [6.45, 7) is 2.33. The summed E-state index contributed by atoms with van der Waals surface area (Å²) in [5, 5.41) is 14.4. The zero-order valence-electron chi connectivity index (χ0n) is 12.9. The lowest BCUT2D eigenvalue weighted by Gasteiger charge is -2.10. The molecule has 23 heavy (non-hydrogen) atoms. The van der Waals surface area contributed by atoms with Gasteiger partial charge in [-0.05, 0) is 24.6 Å². The molecule has 1 amide bonds. The molecule has 1 aromatic carbocycles. The molecule has 0 aliphatic carbocycles. The van der Waals surface area contributed by atoms with Crippen LogP contribution in [0.25, 0.3) is 0 Å². The molecule has 0 unspecified atom stereocenters. The summed E-state index contributed by atoms with van der Waals surface area (Å²) >= 11 is 0. The van der Waals surface area contributed by atoms with Crippen LogP contribution in [-0.2, 0) is 14.3 Å². The maximum Gasteiger partial charge on any atom is 0.335 e. The Morgan fingerprint density at radius 2 is 2.00 bits per heavy atom. The first-order valence-electron chi connectivity index (χ1n) is 7.17. The number of carbonyl (C=O) groups excluding carboxylic acids is 2. The van der Waals surface area contributed by atoms with E-state index in [0.29, 0.717) is 30.9 Å². The number of nitrogen functional groups attached to an aromatic ring is 1. The van der Waals surface area contributed by atoms with Gasteiger partial charge in [0.2, 0.25) is 5.91 Å². The Bertz CT molecular complexity index is 574. The van der Waals surface area contributed by atoms with Crippen LogP contribution in [0.3, 0.4) is 0 Å². The molecule has 126 valence electrons. The molecule has 8 heteroatoms. The van der Waals surface area contributed by atoms with Gasteiger partial charge in [0, 0.05) is 19.9 Å². The molecule has 1 rings (SSSR count). The van der Waals surface area contributed by atoms with Gasteiger partial charge in [0.05, 0.1) is 23.5 Å². The number of amides is 1. The highest BCUT2D eigenvalue weighted by molar-refractivity contribution is 5.90. The maximum atomic E-state index is 11.4. The highest BCUT2D eigenvalue weighted by Crippen LogP contribution is 2.19. The summed E-state index contributed by atoms with van der Waals surface area (Å²) in [6.07, 6.45) is 0.777. The minimum Gasteiger partial charge on any atom is -0.478 e. The van der Waals surface area contributed by atoms with Crippen molar-refractivity contribution in [2.75, 3.05) is 30.7 Å². The standard InChI is InChI=1S/C15H21N3O5/c1-10(19)17-7-8-23-14(20)3-2-6-18-13-5-4-11(15(21)22)9-12(13)16/h4-5,9,18H,2-3,6-8,16H2,1H3,(H,17,19)(H,21,22). The molecule has 8 nitrogen and oxygen atoms in total. The van der Waals surface area contributed by atoms with Crippen molar-refractivity contribution >= 4 is 29.2 Å². The van der Waals surface area contributed by atoms with Crippen molar-refractivity contribution in [2.45, 2.75) is 19.8 Å². The van der Waals surface area contributed by atoms with Crippen LogP contribution in [0.1, 0.15) is 30.1 Å². The number of hydrogen-bond donors (Lipinski definition) is 4. The second-order valence-corrected chi connectivity index (χ2v) is 4.84. The number of esters is 1. The van der Waals surface area contributed by atoms with E-state index in [2.05, 4.69) is 10.6 Å². The normalized spacial score (nSPS) is 9.96. The van der Waals surface area contributed by atoms with Crippen LogP contribution in [0.15, 0.2) is 18.2 Å². The van der Waals surface area contributed by atoms with Crippen LogP contribution in [0, 0.1) is 0 Å². The summed E-state index contributed by atoms with van der Waals surface area (Å²) in [5.74, 6) is -1.55. The first kappa shape index (κ1) is 18.3. The number of hydrogen-bond acceptors (Lipinski definition) is 6. The topological polar surface area (TPSA) is 131 Å². The van der Waals surface area contributed by atoms with Crippen LogP contribution < -0.4 is 16.4 Å². The number of ether oxygens (including phenoxy) is 1. The van der Waals surface area contributed by atoms with Crippen molar-refractivity contribution in [1.29, 1.82) is 0 Å². The molecule has 0 bridgehead atoms. The van der Waals surface area contributed by atoms with Crippen LogP contribution in [0.2, 0.25) is 0 Å². The molecule has 0 radical (unpaired) electrons. The zero-order valence-corrected chi connectivity index (χ0v) is 12.9. The van der Waals surface area contributed by atoms with Gasteiger partial charge in [0.1, 0.15) is 6.61 Å². The van der Waals surface area contributed by atoms with Gasteiger partial charge < -0.3 is 26.2 Å². The average Bonchev–Trinajstić information content (AvgIpc) is 2.49. The Morgan fingerprint density at radius 3 is 2.61 bits per heavy atom. The van der Waals surface area contributed by atoms with Gasteiger partial charge in [0.25, 0.3) is 0 Å². The van der Waals surface area contributed by atoms with E-state index in [1.807, 2.05) is 0 Å². The first-order chi connectivity index (χ1) is 10.9. The maximum absolute atomic E-state index is 11.4. The fourth-order valence-electron chi connectivity index (χ4n) is 1.78. The fourth-order valence-corrected chi connectivity index (χ4v) is 1.78. The first-order valence-corrected chi connectivity index (χ1v) is 7.17. The van der Waals surface area contributed by atoms with Crippen molar-refractivity contribution in [3.8, 4) is 0 Å². The third kappa shape index (κ3) is 7.16. The smallest absolute Gasteiger partial charge is 0.335 e. The van der Waals surface area contributed by atoms with Gasteiger partial charge in [-0.1, -0.05) is 0 Å². The summed E-state index contributed by atoms with van der Waals surface area (Å²) in [5.41, 5.74) is 6.83.